The molecule has 1 aromatic carbocycles. The summed E-state index contributed by atoms with van der Waals surface area (Å²) in [4.78, 5) is 27.5. The van der Waals surface area contributed by atoms with Crippen LogP contribution in [-0.2, 0) is 22.7 Å². The summed E-state index contributed by atoms with van der Waals surface area (Å²) in [6.07, 6.45) is 0.307. The van der Waals surface area contributed by atoms with E-state index in [9.17, 15) is 9.59 Å². The molecule has 2 aromatic rings. The van der Waals surface area contributed by atoms with Crippen molar-refractivity contribution in [1.82, 2.24) is 10.2 Å². The van der Waals surface area contributed by atoms with E-state index in [-0.39, 0.29) is 17.7 Å². The number of carbonyl (C=O) groups is 2. The van der Waals surface area contributed by atoms with E-state index in [4.69, 9.17) is 0 Å². The Morgan fingerprint density at radius 1 is 1.25 bits per heavy atom. The lowest BCUT2D eigenvalue weighted by Gasteiger charge is -2.17. The summed E-state index contributed by atoms with van der Waals surface area (Å²) in [5.74, 6) is -0.214. The lowest BCUT2D eigenvalue weighted by molar-refractivity contribution is -0.129. The van der Waals surface area contributed by atoms with Crippen LogP contribution < -0.4 is 5.32 Å². The highest BCUT2D eigenvalue weighted by molar-refractivity contribution is 7.10. The van der Waals surface area contributed by atoms with Crippen molar-refractivity contribution in [3.05, 3.63) is 57.3 Å². The zero-order chi connectivity index (χ0) is 17.1. The van der Waals surface area contributed by atoms with Crippen LogP contribution in [0.1, 0.15) is 28.0 Å². The van der Waals surface area contributed by atoms with Gasteiger partial charge in [0.2, 0.25) is 11.8 Å². The summed E-state index contributed by atoms with van der Waals surface area (Å²) in [6, 6.07) is 10.2. The predicted octanol–water partition coefficient (Wildman–Crippen LogP) is 3.03. The third kappa shape index (κ3) is 3.85. The van der Waals surface area contributed by atoms with Gasteiger partial charge in [0, 0.05) is 24.4 Å². The molecule has 2 amide bonds. The molecule has 5 heteroatoms. The Labute approximate surface area is 146 Å². The molecule has 1 aromatic heterocycles. The van der Waals surface area contributed by atoms with Gasteiger partial charge < -0.3 is 10.2 Å². The number of aryl methyl sites for hydroxylation is 2. The van der Waals surface area contributed by atoms with Crippen LogP contribution >= 0.6 is 11.3 Å². The van der Waals surface area contributed by atoms with E-state index in [1.807, 2.05) is 43.5 Å². The first-order chi connectivity index (χ1) is 11.5. The van der Waals surface area contributed by atoms with Gasteiger partial charge in [0.1, 0.15) is 0 Å². The number of nitrogens with one attached hydrogen (secondary N) is 1. The van der Waals surface area contributed by atoms with Crippen LogP contribution in [0, 0.1) is 19.8 Å². The molecule has 0 radical (unpaired) electrons. The van der Waals surface area contributed by atoms with Crippen molar-refractivity contribution in [2.45, 2.75) is 33.4 Å². The maximum atomic E-state index is 12.4. The molecule has 0 saturated carbocycles. The Morgan fingerprint density at radius 2 is 2.00 bits per heavy atom. The second-order valence-electron chi connectivity index (χ2n) is 6.41. The normalized spacial score (nSPS) is 17.3. The molecular formula is C19H22N2O2S. The van der Waals surface area contributed by atoms with E-state index in [0.717, 1.165) is 5.56 Å². The van der Waals surface area contributed by atoms with Crippen molar-refractivity contribution in [2.75, 3.05) is 6.54 Å². The van der Waals surface area contributed by atoms with Crippen molar-refractivity contribution in [1.29, 1.82) is 0 Å². The fourth-order valence-electron chi connectivity index (χ4n) is 2.91. The molecule has 24 heavy (non-hydrogen) atoms. The van der Waals surface area contributed by atoms with Crippen molar-refractivity contribution in [2.24, 2.45) is 5.92 Å². The molecule has 2 heterocycles. The van der Waals surface area contributed by atoms with Gasteiger partial charge in [-0.1, -0.05) is 29.8 Å². The Bertz CT molecular complexity index is 736. The van der Waals surface area contributed by atoms with E-state index < -0.39 is 0 Å². The lowest BCUT2D eigenvalue weighted by Crippen LogP contribution is -2.32. The maximum Gasteiger partial charge on any atom is 0.225 e. The summed E-state index contributed by atoms with van der Waals surface area (Å²) in [5, 5.41) is 5.00. The highest BCUT2D eigenvalue weighted by atomic mass is 32.1. The van der Waals surface area contributed by atoms with Crippen LogP contribution in [0.4, 0.5) is 0 Å². The first-order valence-electron chi connectivity index (χ1n) is 8.17. The molecule has 126 valence electrons. The Balaban J connectivity index is 1.54. The van der Waals surface area contributed by atoms with Gasteiger partial charge >= 0.3 is 0 Å². The van der Waals surface area contributed by atoms with E-state index in [1.54, 1.807) is 16.2 Å². The molecule has 1 unspecified atom stereocenters. The number of benzene rings is 1. The van der Waals surface area contributed by atoms with Gasteiger partial charge in [0.15, 0.2) is 0 Å². The van der Waals surface area contributed by atoms with Crippen molar-refractivity contribution >= 4 is 23.2 Å². The van der Waals surface area contributed by atoms with Gasteiger partial charge in [-0.15, -0.1) is 11.3 Å². The van der Waals surface area contributed by atoms with E-state index in [0.29, 0.717) is 26.1 Å². The predicted molar refractivity (Wildman–Crippen MR) is 95.6 cm³/mol. The highest BCUT2D eigenvalue weighted by Gasteiger charge is 2.34. The van der Waals surface area contributed by atoms with Crippen LogP contribution in [0.25, 0.3) is 0 Å². The topological polar surface area (TPSA) is 49.4 Å². The minimum absolute atomic E-state index is 0.0254. The van der Waals surface area contributed by atoms with Crippen LogP contribution in [0.3, 0.4) is 0 Å². The SMILES string of the molecule is Cc1ccc(CN2CC(C(=O)NCc3sccc3C)CC2=O)cc1. The second kappa shape index (κ2) is 7.18. The average Bonchev–Trinajstić information content (AvgIpc) is 3.13. The summed E-state index contributed by atoms with van der Waals surface area (Å²) < 4.78 is 0. The monoisotopic (exact) mass is 342 g/mol. The van der Waals surface area contributed by atoms with Crippen molar-refractivity contribution in [3.8, 4) is 0 Å². The first kappa shape index (κ1) is 16.7. The highest BCUT2D eigenvalue weighted by Crippen LogP contribution is 2.21. The number of carbonyl (C=O) groups excluding carboxylic acids is 2. The molecule has 0 aliphatic carbocycles. The zero-order valence-corrected chi connectivity index (χ0v) is 14.9. The quantitative estimate of drug-likeness (QED) is 0.908. The molecule has 0 bridgehead atoms. The number of thiophene rings is 1. The lowest BCUT2D eigenvalue weighted by atomic mass is 10.1. The summed E-state index contributed by atoms with van der Waals surface area (Å²) in [7, 11) is 0. The number of hydrogen-bond donors (Lipinski definition) is 1. The number of amides is 2. The number of nitrogens with zero attached hydrogens (tertiary/aromatic N) is 1. The summed E-state index contributed by atoms with van der Waals surface area (Å²) >= 11 is 1.65. The van der Waals surface area contributed by atoms with Gasteiger partial charge in [-0.05, 0) is 36.4 Å². The smallest absolute Gasteiger partial charge is 0.225 e. The Hall–Kier alpha value is -2.14. The van der Waals surface area contributed by atoms with E-state index >= 15 is 0 Å². The molecule has 1 aliphatic rings. The van der Waals surface area contributed by atoms with E-state index in [1.165, 1.54) is 16.0 Å². The first-order valence-corrected chi connectivity index (χ1v) is 9.05. The molecular weight excluding hydrogens is 320 g/mol. The number of rotatable bonds is 5. The van der Waals surface area contributed by atoms with Crippen molar-refractivity contribution < 1.29 is 9.59 Å². The fourth-order valence-corrected chi connectivity index (χ4v) is 3.76. The number of hydrogen-bond acceptors (Lipinski definition) is 3. The molecule has 1 saturated heterocycles. The van der Waals surface area contributed by atoms with Gasteiger partial charge in [-0.2, -0.15) is 0 Å². The van der Waals surface area contributed by atoms with Gasteiger partial charge in [0.05, 0.1) is 12.5 Å². The second-order valence-corrected chi connectivity index (χ2v) is 7.41. The van der Waals surface area contributed by atoms with Gasteiger partial charge in [-0.25, -0.2) is 0 Å². The largest absolute Gasteiger partial charge is 0.351 e. The van der Waals surface area contributed by atoms with Gasteiger partial charge in [0.25, 0.3) is 0 Å². The Kier molecular flexibility index (Phi) is 5.00. The molecule has 1 aliphatic heterocycles. The maximum absolute atomic E-state index is 12.4. The van der Waals surface area contributed by atoms with E-state index in [2.05, 4.69) is 11.4 Å². The number of likely N-dealkylation sites (tertiary alicyclic amines) is 1. The Morgan fingerprint density at radius 3 is 2.67 bits per heavy atom. The fraction of sp³-hybridized carbons (Fsp3) is 0.368. The van der Waals surface area contributed by atoms with Crippen LogP contribution in [0.2, 0.25) is 0 Å². The molecule has 0 spiro atoms. The molecule has 1 N–H and O–H groups in total. The minimum Gasteiger partial charge on any atom is -0.351 e. The van der Waals surface area contributed by atoms with Crippen LogP contribution in [0.15, 0.2) is 35.7 Å². The third-order valence-corrected chi connectivity index (χ3v) is 5.49. The molecule has 3 rings (SSSR count). The van der Waals surface area contributed by atoms with Crippen molar-refractivity contribution in [3.63, 3.8) is 0 Å². The van der Waals surface area contributed by atoms with Crippen LogP contribution in [-0.4, -0.2) is 23.3 Å². The standard InChI is InChI=1S/C19H22N2O2S/c1-13-3-5-15(6-4-13)11-21-12-16(9-18(21)22)19(23)20-10-17-14(2)7-8-24-17/h3-8,16H,9-12H2,1-2H3,(H,20,23). The average molecular weight is 342 g/mol. The van der Waals surface area contributed by atoms with Crippen LogP contribution in [0.5, 0.6) is 0 Å². The molecule has 1 atom stereocenters. The summed E-state index contributed by atoms with van der Waals surface area (Å²) in [6.45, 7) is 5.71. The zero-order valence-electron chi connectivity index (χ0n) is 14.0. The summed E-state index contributed by atoms with van der Waals surface area (Å²) in [5.41, 5.74) is 3.50. The molecule has 1 fully saturated rings. The van der Waals surface area contributed by atoms with Gasteiger partial charge in [-0.3, -0.25) is 9.59 Å². The minimum atomic E-state index is -0.247. The third-order valence-electron chi connectivity index (χ3n) is 4.47. The molecule has 4 nitrogen and oxygen atoms in total.